The van der Waals surface area contributed by atoms with Gasteiger partial charge in [0.1, 0.15) is 0 Å². The molecule has 0 saturated carbocycles. The van der Waals surface area contributed by atoms with Gasteiger partial charge in [0.15, 0.2) is 0 Å². The summed E-state index contributed by atoms with van der Waals surface area (Å²) in [4.78, 5) is 14.1. The molecule has 8 heteroatoms. The summed E-state index contributed by atoms with van der Waals surface area (Å²) < 4.78 is 26.2. The molecule has 5 nitrogen and oxygen atoms in total. The average molecular weight is 323 g/mol. The Morgan fingerprint density at radius 3 is 2.67 bits per heavy atom. The monoisotopic (exact) mass is 322 g/mol. The molecule has 0 radical (unpaired) electrons. The fourth-order valence-electron chi connectivity index (χ4n) is 2.61. The second-order valence-electron chi connectivity index (χ2n) is 5.19. The molecule has 0 bridgehead atoms. The topological polar surface area (TPSA) is 50.2 Å². The number of aromatic nitrogens is 2. The highest BCUT2D eigenvalue weighted by atomic mass is 35.5. The molecule has 1 N–H and O–H groups in total. The maximum atomic E-state index is 12.8. The van der Waals surface area contributed by atoms with Gasteiger partial charge in [-0.25, -0.2) is 4.68 Å². The molecule has 0 aliphatic carbocycles. The minimum absolute atomic E-state index is 0. The van der Waals surface area contributed by atoms with Crippen LogP contribution in [0, 0.1) is 13.8 Å². The Labute approximate surface area is 129 Å². The first-order valence-corrected chi connectivity index (χ1v) is 6.74. The van der Waals surface area contributed by atoms with Gasteiger partial charge in [-0.1, -0.05) is 0 Å². The Bertz CT molecular complexity index is 507. The van der Waals surface area contributed by atoms with Crippen molar-refractivity contribution in [2.75, 3.05) is 19.6 Å². The number of hydrogen-bond donors (Lipinski definition) is 1. The summed E-state index contributed by atoms with van der Waals surface area (Å²) in [5.74, 6) is -0.0287. The van der Waals surface area contributed by atoms with E-state index in [0.29, 0.717) is 28.2 Å². The molecule has 1 saturated heterocycles. The van der Waals surface area contributed by atoms with E-state index in [4.69, 9.17) is 0 Å². The van der Waals surface area contributed by atoms with E-state index in [2.05, 4.69) is 10.4 Å². The van der Waals surface area contributed by atoms with Gasteiger partial charge in [-0.3, -0.25) is 4.79 Å². The smallest absolute Gasteiger partial charge is 0.333 e. The maximum absolute atomic E-state index is 12.8. The fraction of sp³-hybridized carbons (Fsp3) is 0.692. The molecule has 1 aromatic rings. The predicted molar refractivity (Wildman–Crippen MR) is 78.0 cm³/mol. The highest BCUT2D eigenvalue weighted by Crippen LogP contribution is 2.20. The Kier molecular flexibility index (Phi) is 6.10. The van der Waals surface area contributed by atoms with E-state index < -0.39 is 6.55 Å². The molecule has 1 amide bonds. The van der Waals surface area contributed by atoms with E-state index >= 15 is 0 Å². The van der Waals surface area contributed by atoms with E-state index in [0.717, 1.165) is 13.1 Å². The minimum Gasteiger partial charge on any atom is -0.337 e. The SMILES string of the molecule is Cc1nn(C(F)F)c(C)c1CC(=O)N1CCNCC1C.Cl. The lowest BCUT2D eigenvalue weighted by Gasteiger charge is -2.34. The van der Waals surface area contributed by atoms with Gasteiger partial charge in [0, 0.05) is 36.9 Å². The second-order valence-corrected chi connectivity index (χ2v) is 5.19. The zero-order valence-electron chi connectivity index (χ0n) is 12.4. The van der Waals surface area contributed by atoms with Gasteiger partial charge in [-0.15, -0.1) is 12.4 Å². The Morgan fingerprint density at radius 2 is 2.14 bits per heavy atom. The van der Waals surface area contributed by atoms with Gasteiger partial charge in [-0.05, 0) is 20.8 Å². The zero-order valence-corrected chi connectivity index (χ0v) is 13.2. The van der Waals surface area contributed by atoms with Crippen LogP contribution in [-0.2, 0) is 11.2 Å². The number of rotatable bonds is 3. The zero-order chi connectivity index (χ0) is 14.9. The van der Waals surface area contributed by atoms with Gasteiger partial charge >= 0.3 is 6.55 Å². The van der Waals surface area contributed by atoms with Gasteiger partial charge in [0.2, 0.25) is 5.91 Å². The molecule has 1 unspecified atom stereocenters. The van der Waals surface area contributed by atoms with Crippen LogP contribution in [0.25, 0.3) is 0 Å². The van der Waals surface area contributed by atoms with Crippen molar-refractivity contribution in [3.63, 3.8) is 0 Å². The maximum Gasteiger partial charge on any atom is 0.333 e. The molecule has 0 spiro atoms. The molecule has 21 heavy (non-hydrogen) atoms. The number of hydrogen-bond acceptors (Lipinski definition) is 3. The van der Waals surface area contributed by atoms with Crippen molar-refractivity contribution in [1.82, 2.24) is 20.0 Å². The summed E-state index contributed by atoms with van der Waals surface area (Å²) in [7, 11) is 0. The van der Waals surface area contributed by atoms with Crippen LogP contribution < -0.4 is 5.32 Å². The first-order chi connectivity index (χ1) is 9.41. The lowest BCUT2D eigenvalue weighted by molar-refractivity contribution is -0.133. The fourth-order valence-corrected chi connectivity index (χ4v) is 2.61. The van der Waals surface area contributed by atoms with E-state index in [1.54, 1.807) is 18.7 Å². The van der Waals surface area contributed by atoms with Crippen LogP contribution in [0.3, 0.4) is 0 Å². The molecule has 2 heterocycles. The van der Waals surface area contributed by atoms with Gasteiger partial charge in [0.25, 0.3) is 0 Å². The van der Waals surface area contributed by atoms with Crippen molar-refractivity contribution in [2.24, 2.45) is 0 Å². The third kappa shape index (κ3) is 3.71. The van der Waals surface area contributed by atoms with Crippen molar-refractivity contribution >= 4 is 18.3 Å². The van der Waals surface area contributed by atoms with Crippen LogP contribution in [0.15, 0.2) is 0 Å². The normalized spacial score (nSPS) is 18.8. The molecule has 1 aromatic heterocycles. The van der Waals surface area contributed by atoms with Crippen LogP contribution in [0.1, 0.15) is 30.4 Å². The second kappa shape index (κ2) is 7.17. The number of nitrogens with one attached hydrogen (secondary N) is 1. The summed E-state index contributed by atoms with van der Waals surface area (Å²) >= 11 is 0. The van der Waals surface area contributed by atoms with Crippen molar-refractivity contribution in [3.8, 4) is 0 Å². The molecule has 1 fully saturated rings. The van der Waals surface area contributed by atoms with Crippen LogP contribution in [0.4, 0.5) is 8.78 Å². The average Bonchev–Trinajstić information content (AvgIpc) is 2.67. The third-order valence-corrected chi connectivity index (χ3v) is 3.81. The van der Waals surface area contributed by atoms with Crippen molar-refractivity contribution in [1.29, 1.82) is 0 Å². The number of amides is 1. The molecule has 1 aliphatic rings. The Hall–Kier alpha value is -1.21. The Morgan fingerprint density at radius 1 is 1.48 bits per heavy atom. The van der Waals surface area contributed by atoms with E-state index in [1.165, 1.54) is 0 Å². The number of carbonyl (C=O) groups is 1. The summed E-state index contributed by atoms with van der Waals surface area (Å²) in [6, 6.07) is 0.127. The van der Waals surface area contributed by atoms with Crippen molar-refractivity contribution < 1.29 is 13.6 Å². The van der Waals surface area contributed by atoms with Crippen LogP contribution in [0.5, 0.6) is 0 Å². The number of piperazine rings is 1. The van der Waals surface area contributed by atoms with Gasteiger partial charge in [0.05, 0.1) is 12.1 Å². The van der Waals surface area contributed by atoms with Gasteiger partial charge in [-0.2, -0.15) is 13.9 Å². The number of halogens is 3. The molecular weight excluding hydrogens is 302 g/mol. The van der Waals surface area contributed by atoms with E-state index in [9.17, 15) is 13.6 Å². The molecule has 2 rings (SSSR count). The highest BCUT2D eigenvalue weighted by molar-refractivity contribution is 5.85. The number of aryl methyl sites for hydroxylation is 1. The number of carbonyl (C=O) groups excluding carboxylic acids is 1. The predicted octanol–water partition coefficient (Wildman–Crippen LogP) is 1.68. The minimum atomic E-state index is -2.67. The summed E-state index contributed by atoms with van der Waals surface area (Å²) in [5, 5.41) is 7.03. The van der Waals surface area contributed by atoms with E-state index in [-0.39, 0.29) is 30.8 Å². The van der Waals surface area contributed by atoms with Crippen LogP contribution in [-0.4, -0.2) is 46.3 Å². The van der Waals surface area contributed by atoms with Crippen molar-refractivity contribution in [2.45, 2.75) is 39.8 Å². The lowest BCUT2D eigenvalue weighted by Crippen LogP contribution is -2.52. The summed E-state index contributed by atoms with van der Waals surface area (Å²) in [6.45, 7) is 4.74. The van der Waals surface area contributed by atoms with Gasteiger partial charge < -0.3 is 10.2 Å². The van der Waals surface area contributed by atoms with Crippen LogP contribution in [0.2, 0.25) is 0 Å². The molecule has 120 valence electrons. The molecule has 1 atom stereocenters. The first-order valence-electron chi connectivity index (χ1n) is 6.74. The van der Waals surface area contributed by atoms with Crippen LogP contribution >= 0.6 is 12.4 Å². The summed E-state index contributed by atoms with van der Waals surface area (Å²) in [5.41, 5.74) is 1.48. The summed E-state index contributed by atoms with van der Waals surface area (Å²) in [6.07, 6.45) is 0.134. The quantitative estimate of drug-likeness (QED) is 0.921. The molecule has 1 aliphatic heterocycles. The Balaban J connectivity index is 0.00000220. The number of nitrogens with zero attached hydrogens (tertiary/aromatic N) is 3. The molecule has 0 aromatic carbocycles. The number of alkyl halides is 2. The van der Waals surface area contributed by atoms with Crippen molar-refractivity contribution in [3.05, 3.63) is 17.0 Å². The highest BCUT2D eigenvalue weighted by Gasteiger charge is 2.25. The van der Waals surface area contributed by atoms with E-state index in [1.807, 2.05) is 6.92 Å². The standard InChI is InChI=1S/C13H20F2N4O.ClH/c1-8-7-16-4-5-18(8)12(20)6-11-9(2)17-19(10(11)3)13(14)15;/h8,13,16H,4-7H2,1-3H3;1H. The lowest BCUT2D eigenvalue weighted by atomic mass is 10.1. The third-order valence-electron chi connectivity index (χ3n) is 3.81. The largest absolute Gasteiger partial charge is 0.337 e. The first kappa shape index (κ1) is 17.8. The molecular formula is C13H21ClF2N4O.